The third kappa shape index (κ3) is 1540. The van der Waals surface area contributed by atoms with Gasteiger partial charge < -0.3 is 91.9 Å². The normalized spacial score (nSPS) is 5.54. The Balaban J connectivity index is -0.0000000245. The molecule has 0 aromatic carbocycles. The van der Waals surface area contributed by atoms with E-state index in [0.717, 1.165) is 0 Å². The molecule has 0 atom stereocenters. The molecule has 0 rings (SSSR count). The molecule has 0 saturated heterocycles. The fourth-order valence-corrected chi connectivity index (χ4v) is 0. The van der Waals surface area contributed by atoms with Crippen LogP contribution in [0.4, 0.5) is 0 Å². The molecule has 0 unspecified atom stereocenters. The van der Waals surface area contributed by atoms with Crippen LogP contribution in [0.1, 0.15) is 0 Å². The van der Waals surface area contributed by atoms with E-state index in [-0.39, 0.29) is 71.7 Å². The van der Waals surface area contributed by atoms with E-state index < -0.39 is 30.5 Å². The largest absolute Gasteiger partial charge is 4.00 e. The van der Waals surface area contributed by atoms with Crippen LogP contribution in [0.2, 0.25) is 0 Å². The number of hydrogen-bond acceptors (Lipinski definition) is 18. The topological polar surface area (TPSA) is 397 Å². The van der Waals surface area contributed by atoms with Gasteiger partial charge in [-0.3, -0.25) is 0 Å². The van der Waals surface area contributed by atoms with Gasteiger partial charge in [-0.25, -0.2) is 0 Å². The first kappa shape index (κ1) is 49.5. The SMILES string of the molecule is O=[N+]([O-])[O-].O=[N+]([O-])[O-].O=[N+]([O-])[O-].O=[N+]([O-])[O-].O=[N+]([O-])[O-].O=[N+]([O-])[O-].[Sr+2].[Zr+4]. The molecule has 144 valence electrons. The molecule has 0 N–H and O–H groups in total. The Bertz CT molecular complexity index is 263. The van der Waals surface area contributed by atoms with Crippen LogP contribution in [-0.4, -0.2) is 76.0 Å². The zero-order chi connectivity index (χ0) is 21.5. The van der Waals surface area contributed by atoms with Gasteiger partial charge >= 0.3 is 71.7 Å². The van der Waals surface area contributed by atoms with Crippen molar-refractivity contribution in [1.29, 1.82) is 0 Å². The predicted octanol–water partition coefficient (Wildman–Crippen LogP) is -1.82. The third-order valence-corrected chi connectivity index (χ3v) is 0. The molecule has 0 aliphatic rings. The van der Waals surface area contributed by atoms with Gasteiger partial charge in [-0.2, -0.15) is 0 Å². The smallest absolute Gasteiger partial charge is 0.356 e. The minimum absolute atomic E-state index is 0. The van der Waals surface area contributed by atoms with Crippen LogP contribution >= 0.6 is 0 Å². The summed E-state index contributed by atoms with van der Waals surface area (Å²) in [6, 6.07) is 0. The van der Waals surface area contributed by atoms with Gasteiger partial charge in [0.05, 0.1) is 30.5 Å². The van der Waals surface area contributed by atoms with E-state index in [2.05, 4.69) is 0 Å². The van der Waals surface area contributed by atoms with Crippen molar-refractivity contribution in [3.8, 4) is 0 Å². The summed E-state index contributed by atoms with van der Waals surface area (Å²) in [5.41, 5.74) is 0. The van der Waals surface area contributed by atoms with Gasteiger partial charge in [0.15, 0.2) is 0 Å². The maximum Gasteiger partial charge on any atom is 4.00 e. The molecular formula is N6O18SrZr. The first-order valence-electron chi connectivity index (χ1n) is 3.29. The quantitative estimate of drug-likeness (QED) is 0.182. The van der Waals surface area contributed by atoms with E-state index in [0.29, 0.717) is 0 Å². The predicted molar refractivity (Wildman–Crippen MR) is 67.9 cm³/mol. The van der Waals surface area contributed by atoms with Crippen molar-refractivity contribution < 1.29 is 56.7 Å². The van der Waals surface area contributed by atoms with Crippen molar-refractivity contribution in [1.82, 2.24) is 0 Å². The summed E-state index contributed by atoms with van der Waals surface area (Å²) in [5, 5.41) is 88.5. The number of nitrogens with zero attached hydrogens (tertiary/aromatic N) is 6. The molecule has 0 bridgehead atoms. The van der Waals surface area contributed by atoms with E-state index in [9.17, 15) is 0 Å². The monoisotopic (exact) mass is 550 g/mol. The summed E-state index contributed by atoms with van der Waals surface area (Å²) in [6.07, 6.45) is 0. The van der Waals surface area contributed by atoms with Crippen LogP contribution in [0.15, 0.2) is 0 Å². The van der Waals surface area contributed by atoms with Crippen molar-refractivity contribution in [3.05, 3.63) is 91.9 Å². The zero-order valence-electron chi connectivity index (χ0n) is 11.2. The summed E-state index contributed by atoms with van der Waals surface area (Å²) in [7, 11) is 0. The fourth-order valence-electron chi connectivity index (χ4n) is 0. The maximum absolute atomic E-state index is 8.25. The molecule has 26 heteroatoms. The second kappa shape index (κ2) is 43.3. The molecule has 0 saturated carbocycles. The maximum atomic E-state index is 8.25. The van der Waals surface area contributed by atoms with E-state index in [1.807, 2.05) is 0 Å². The van der Waals surface area contributed by atoms with Gasteiger partial charge in [0.25, 0.3) is 0 Å². The molecule has 0 aliphatic carbocycles. The second-order valence-electron chi connectivity index (χ2n) is 1.34. The van der Waals surface area contributed by atoms with Gasteiger partial charge in [0.2, 0.25) is 0 Å². The zero-order valence-corrected chi connectivity index (χ0v) is 17.2. The van der Waals surface area contributed by atoms with E-state index >= 15 is 0 Å². The van der Waals surface area contributed by atoms with Crippen LogP contribution in [0.3, 0.4) is 0 Å². The third-order valence-electron chi connectivity index (χ3n) is 0. The standard InChI is InChI=1S/6NO3.Sr.Zr/c6*2-1(3)4;;/q6*-1;+2;+4. The van der Waals surface area contributed by atoms with Crippen LogP contribution in [-0.2, 0) is 26.2 Å². The average Bonchev–Trinajstić information content (AvgIpc) is 2.08. The average molecular weight is 551 g/mol. The molecule has 0 amide bonds. The van der Waals surface area contributed by atoms with Crippen molar-refractivity contribution in [3.63, 3.8) is 0 Å². The van der Waals surface area contributed by atoms with Crippen LogP contribution in [0.5, 0.6) is 0 Å². The van der Waals surface area contributed by atoms with Gasteiger partial charge in [-0.15, -0.1) is 0 Å². The first-order chi connectivity index (χ1) is 10.4. The van der Waals surface area contributed by atoms with Crippen LogP contribution < -0.4 is 0 Å². The van der Waals surface area contributed by atoms with Crippen molar-refractivity contribution in [2.75, 3.05) is 0 Å². The molecule has 0 aliphatic heterocycles. The molecule has 0 heterocycles. The minimum Gasteiger partial charge on any atom is -0.356 e. The molecule has 24 nitrogen and oxygen atoms in total. The molecule has 0 spiro atoms. The fraction of sp³-hybridized carbons (Fsp3) is 0. The summed E-state index contributed by atoms with van der Waals surface area (Å²) in [5.74, 6) is 0. The summed E-state index contributed by atoms with van der Waals surface area (Å²) in [6.45, 7) is 0. The molecule has 0 aromatic heterocycles. The van der Waals surface area contributed by atoms with Gasteiger partial charge in [-0.1, -0.05) is 0 Å². The van der Waals surface area contributed by atoms with Gasteiger partial charge in [0, 0.05) is 0 Å². The Morgan fingerprint density at radius 2 is 0.308 bits per heavy atom. The summed E-state index contributed by atoms with van der Waals surface area (Å²) < 4.78 is 0. The first-order valence-corrected chi connectivity index (χ1v) is 3.29. The summed E-state index contributed by atoms with van der Waals surface area (Å²) >= 11 is 0. The number of rotatable bonds is 0. The van der Waals surface area contributed by atoms with Crippen LogP contribution in [0.25, 0.3) is 0 Å². The Hall–Kier alpha value is -2.44. The van der Waals surface area contributed by atoms with Crippen molar-refractivity contribution >= 4 is 45.5 Å². The molecule has 0 fully saturated rings. The van der Waals surface area contributed by atoms with Gasteiger partial charge in [0.1, 0.15) is 0 Å². The van der Waals surface area contributed by atoms with E-state index in [1.165, 1.54) is 0 Å². The van der Waals surface area contributed by atoms with Gasteiger partial charge in [-0.05, 0) is 0 Å². The van der Waals surface area contributed by atoms with Crippen LogP contribution in [0, 0.1) is 91.9 Å². The Morgan fingerprint density at radius 1 is 0.308 bits per heavy atom. The molecule has 0 radical (unpaired) electrons. The van der Waals surface area contributed by atoms with Crippen molar-refractivity contribution in [2.45, 2.75) is 0 Å². The summed E-state index contributed by atoms with van der Waals surface area (Å²) in [4.78, 5) is 49.5. The Kier molecular flexibility index (Phi) is 82.5. The molecular weight excluding hydrogens is 551 g/mol. The minimum atomic E-state index is -1.75. The second-order valence-corrected chi connectivity index (χ2v) is 1.34. The van der Waals surface area contributed by atoms with E-state index in [1.54, 1.807) is 0 Å². The Morgan fingerprint density at radius 3 is 0.308 bits per heavy atom. The number of hydrogen-bond donors (Lipinski definition) is 0. The molecule has 0 aromatic rings. The van der Waals surface area contributed by atoms with E-state index in [4.69, 9.17) is 91.9 Å². The van der Waals surface area contributed by atoms with Crippen molar-refractivity contribution in [2.24, 2.45) is 0 Å². The Labute approximate surface area is 192 Å². The molecule has 26 heavy (non-hydrogen) atoms.